The van der Waals surface area contributed by atoms with E-state index in [4.69, 9.17) is 0 Å². The molecule has 0 saturated carbocycles. The van der Waals surface area contributed by atoms with Gasteiger partial charge in [0.15, 0.2) is 0 Å². The van der Waals surface area contributed by atoms with Gasteiger partial charge in [-0.3, -0.25) is 9.78 Å². The van der Waals surface area contributed by atoms with Crippen molar-refractivity contribution in [2.75, 3.05) is 20.1 Å². The number of rotatable bonds is 6. The summed E-state index contributed by atoms with van der Waals surface area (Å²) >= 11 is 0. The smallest absolute Gasteiger partial charge is 0.252 e. The fourth-order valence-electron chi connectivity index (χ4n) is 2.04. The van der Waals surface area contributed by atoms with E-state index in [-0.39, 0.29) is 30.7 Å². The van der Waals surface area contributed by atoms with E-state index in [9.17, 15) is 4.79 Å². The van der Waals surface area contributed by atoms with Crippen LogP contribution in [0.3, 0.4) is 0 Å². The molecule has 0 atom stereocenters. The topological polar surface area (TPSA) is 54.0 Å². The molecule has 2 N–H and O–H groups in total. The third-order valence-corrected chi connectivity index (χ3v) is 3.27. The SMILES string of the molecule is CNCCCNC(=O)c1cncc(-c2ccc(C)cc2)c1.Cl.Cl. The van der Waals surface area contributed by atoms with Crippen LogP contribution in [-0.2, 0) is 0 Å². The second kappa shape index (κ2) is 11.0. The van der Waals surface area contributed by atoms with Crippen molar-refractivity contribution in [1.82, 2.24) is 15.6 Å². The van der Waals surface area contributed by atoms with E-state index >= 15 is 0 Å². The molecule has 1 amide bonds. The highest BCUT2D eigenvalue weighted by molar-refractivity contribution is 5.95. The number of hydrogen-bond acceptors (Lipinski definition) is 3. The molecular formula is C17H23Cl2N3O. The van der Waals surface area contributed by atoms with Crippen molar-refractivity contribution in [3.05, 3.63) is 53.9 Å². The van der Waals surface area contributed by atoms with Crippen molar-refractivity contribution < 1.29 is 4.79 Å². The summed E-state index contributed by atoms with van der Waals surface area (Å²) in [7, 11) is 1.90. The molecule has 6 heteroatoms. The van der Waals surface area contributed by atoms with Gasteiger partial charge in [0.25, 0.3) is 5.91 Å². The van der Waals surface area contributed by atoms with E-state index in [1.165, 1.54) is 5.56 Å². The lowest BCUT2D eigenvalue weighted by atomic mass is 10.0. The van der Waals surface area contributed by atoms with Gasteiger partial charge in [0.05, 0.1) is 5.56 Å². The van der Waals surface area contributed by atoms with Gasteiger partial charge in [-0.25, -0.2) is 0 Å². The molecule has 0 aliphatic rings. The Hall–Kier alpha value is -1.62. The highest BCUT2D eigenvalue weighted by atomic mass is 35.5. The maximum Gasteiger partial charge on any atom is 0.252 e. The molecule has 23 heavy (non-hydrogen) atoms. The second-order valence-corrected chi connectivity index (χ2v) is 5.04. The summed E-state index contributed by atoms with van der Waals surface area (Å²) in [5, 5.41) is 5.96. The number of aryl methyl sites for hydroxylation is 1. The van der Waals surface area contributed by atoms with Gasteiger partial charge < -0.3 is 10.6 Å². The van der Waals surface area contributed by atoms with Gasteiger partial charge in [0, 0.05) is 24.5 Å². The molecule has 0 spiro atoms. The zero-order chi connectivity index (χ0) is 15.1. The number of benzene rings is 1. The third-order valence-electron chi connectivity index (χ3n) is 3.27. The third kappa shape index (κ3) is 6.57. The lowest BCUT2D eigenvalue weighted by molar-refractivity contribution is 0.0953. The van der Waals surface area contributed by atoms with Crippen molar-refractivity contribution >= 4 is 30.7 Å². The van der Waals surface area contributed by atoms with Crippen LogP contribution in [0.1, 0.15) is 22.3 Å². The lowest BCUT2D eigenvalue weighted by Crippen LogP contribution is -2.26. The molecule has 2 aromatic rings. The van der Waals surface area contributed by atoms with Gasteiger partial charge in [-0.1, -0.05) is 29.8 Å². The maximum atomic E-state index is 12.1. The second-order valence-electron chi connectivity index (χ2n) is 5.04. The summed E-state index contributed by atoms with van der Waals surface area (Å²) in [5.41, 5.74) is 3.83. The van der Waals surface area contributed by atoms with Crippen LogP contribution in [0.5, 0.6) is 0 Å². The minimum atomic E-state index is -0.0763. The van der Waals surface area contributed by atoms with Crippen molar-refractivity contribution in [3.63, 3.8) is 0 Å². The standard InChI is InChI=1S/C17H21N3O.2ClH/c1-13-4-6-14(7-5-13)15-10-16(12-19-11-15)17(21)20-9-3-8-18-2;;/h4-7,10-12,18H,3,8-9H2,1-2H3,(H,20,21);2*1H. The Balaban J connectivity index is 0.00000242. The average Bonchev–Trinajstić information content (AvgIpc) is 2.52. The summed E-state index contributed by atoms with van der Waals surface area (Å²) in [4.78, 5) is 16.2. The van der Waals surface area contributed by atoms with E-state index in [1.54, 1.807) is 12.4 Å². The summed E-state index contributed by atoms with van der Waals surface area (Å²) in [5.74, 6) is -0.0763. The molecular weight excluding hydrogens is 333 g/mol. The molecule has 1 heterocycles. The van der Waals surface area contributed by atoms with Gasteiger partial charge in [0.2, 0.25) is 0 Å². The Kier molecular flexibility index (Phi) is 10.2. The number of nitrogens with one attached hydrogen (secondary N) is 2. The molecule has 4 nitrogen and oxygen atoms in total. The molecule has 0 saturated heterocycles. The number of amides is 1. The molecule has 0 fully saturated rings. The number of aromatic nitrogens is 1. The predicted molar refractivity (Wildman–Crippen MR) is 99.8 cm³/mol. The number of nitrogens with zero attached hydrogens (tertiary/aromatic N) is 1. The Morgan fingerprint density at radius 3 is 2.39 bits per heavy atom. The Morgan fingerprint density at radius 2 is 1.74 bits per heavy atom. The normalized spacial score (nSPS) is 9.48. The van der Waals surface area contributed by atoms with Crippen molar-refractivity contribution in [3.8, 4) is 11.1 Å². The minimum absolute atomic E-state index is 0. The van der Waals surface area contributed by atoms with Crippen LogP contribution in [0.25, 0.3) is 11.1 Å². The molecule has 126 valence electrons. The molecule has 1 aromatic carbocycles. The first-order valence-corrected chi connectivity index (χ1v) is 7.15. The van der Waals surface area contributed by atoms with Crippen LogP contribution >= 0.6 is 24.8 Å². The molecule has 2 rings (SSSR count). The fraction of sp³-hybridized carbons (Fsp3) is 0.294. The monoisotopic (exact) mass is 355 g/mol. The maximum absolute atomic E-state index is 12.1. The molecule has 1 aromatic heterocycles. The van der Waals surface area contributed by atoms with Gasteiger partial charge in [-0.15, -0.1) is 24.8 Å². The Morgan fingerprint density at radius 1 is 1.04 bits per heavy atom. The predicted octanol–water partition coefficient (Wildman–Crippen LogP) is 3.24. The Labute approximate surface area is 149 Å². The first-order chi connectivity index (χ1) is 10.2. The van der Waals surface area contributed by atoms with Crippen LogP contribution in [-0.4, -0.2) is 31.0 Å². The highest BCUT2D eigenvalue weighted by Crippen LogP contribution is 2.19. The summed E-state index contributed by atoms with van der Waals surface area (Å²) in [6, 6.07) is 10.1. The molecule has 0 bridgehead atoms. The van der Waals surface area contributed by atoms with Crippen LogP contribution in [0, 0.1) is 6.92 Å². The van der Waals surface area contributed by atoms with Gasteiger partial charge in [-0.05, 0) is 38.6 Å². The van der Waals surface area contributed by atoms with E-state index < -0.39 is 0 Å². The lowest BCUT2D eigenvalue weighted by Gasteiger charge is -2.07. The van der Waals surface area contributed by atoms with Crippen molar-refractivity contribution in [2.24, 2.45) is 0 Å². The quantitative estimate of drug-likeness (QED) is 0.782. The van der Waals surface area contributed by atoms with E-state index in [0.717, 1.165) is 24.1 Å². The summed E-state index contributed by atoms with van der Waals surface area (Å²) < 4.78 is 0. The first kappa shape index (κ1) is 21.4. The zero-order valence-corrected chi connectivity index (χ0v) is 15.0. The number of pyridine rings is 1. The number of hydrogen-bond donors (Lipinski definition) is 2. The summed E-state index contributed by atoms with van der Waals surface area (Å²) in [6.45, 7) is 3.60. The molecule has 0 radical (unpaired) electrons. The van der Waals surface area contributed by atoms with E-state index in [2.05, 4.69) is 34.7 Å². The molecule has 0 unspecified atom stereocenters. The van der Waals surface area contributed by atoms with Crippen LogP contribution in [0.4, 0.5) is 0 Å². The highest BCUT2D eigenvalue weighted by Gasteiger charge is 2.07. The van der Waals surface area contributed by atoms with Gasteiger partial charge >= 0.3 is 0 Å². The number of carbonyl (C=O) groups is 1. The van der Waals surface area contributed by atoms with Crippen molar-refractivity contribution in [1.29, 1.82) is 0 Å². The first-order valence-electron chi connectivity index (χ1n) is 7.15. The number of carbonyl (C=O) groups excluding carboxylic acids is 1. The summed E-state index contributed by atoms with van der Waals surface area (Å²) in [6.07, 6.45) is 4.29. The van der Waals surface area contributed by atoms with Crippen LogP contribution in [0.2, 0.25) is 0 Å². The van der Waals surface area contributed by atoms with Crippen LogP contribution < -0.4 is 10.6 Å². The number of halogens is 2. The largest absolute Gasteiger partial charge is 0.352 e. The average molecular weight is 356 g/mol. The minimum Gasteiger partial charge on any atom is -0.352 e. The van der Waals surface area contributed by atoms with E-state index in [0.29, 0.717) is 12.1 Å². The molecule has 0 aliphatic heterocycles. The van der Waals surface area contributed by atoms with E-state index in [1.807, 2.05) is 25.2 Å². The Bertz CT molecular complexity index is 603. The van der Waals surface area contributed by atoms with Gasteiger partial charge in [0.1, 0.15) is 0 Å². The fourth-order valence-corrected chi connectivity index (χ4v) is 2.04. The van der Waals surface area contributed by atoms with Crippen LogP contribution in [0.15, 0.2) is 42.7 Å². The zero-order valence-electron chi connectivity index (χ0n) is 13.3. The molecule has 0 aliphatic carbocycles. The van der Waals surface area contributed by atoms with Crippen molar-refractivity contribution in [2.45, 2.75) is 13.3 Å². The van der Waals surface area contributed by atoms with Gasteiger partial charge in [-0.2, -0.15) is 0 Å².